The van der Waals surface area contributed by atoms with Crippen LogP contribution < -0.4 is 5.32 Å². The van der Waals surface area contributed by atoms with Crippen molar-refractivity contribution in [2.24, 2.45) is 0 Å². The van der Waals surface area contributed by atoms with Crippen LogP contribution in [0.25, 0.3) is 0 Å². The molecule has 0 spiro atoms. The van der Waals surface area contributed by atoms with Crippen LogP contribution in [0.3, 0.4) is 0 Å². The molecule has 0 aromatic rings. The molecule has 3 N–H and O–H groups in total. The van der Waals surface area contributed by atoms with E-state index in [1.165, 1.54) is 103 Å². The number of allylic oxidation sites excluding steroid dienone is 17. The normalized spacial score (nSPS) is 14.1. The Morgan fingerprint density at radius 3 is 1.29 bits per heavy atom. The smallest absolute Gasteiger partial charge is 0.306 e. The maximum absolute atomic E-state index is 13.2. The molecule has 0 bridgehead atoms. The molecular formula is C60H101NO5. The van der Waals surface area contributed by atoms with Crippen LogP contribution in [0.5, 0.6) is 0 Å². The average Bonchev–Trinajstić information content (AvgIpc) is 3.31. The highest BCUT2D eigenvalue weighted by Crippen LogP contribution is 2.16. The van der Waals surface area contributed by atoms with Crippen LogP contribution in [0, 0.1) is 0 Å². The zero-order valence-electron chi connectivity index (χ0n) is 42.8. The highest BCUT2D eigenvalue weighted by Gasteiger charge is 2.23. The summed E-state index contributed by atoms with van der Waals surface area (Å²) in [7, 11) is 0. The Morgan fingerprint density at radius 1 is 0.470 bits per heavy atom. The fourth-order valence-electron chi connectivity index (χ4n) is 7.50. The number of amides is 1. The molecule has 376 valence electrons. The Bertz CT molecular complexity index is 1350. The third-order valence-electron chi connectivity index (χ3n) is 11.6. The molecule has 0 aliphatic carbocycles. The molecule has 0 radical (unpaired) electrons. The number of nitrogens with one attached hydrogen (secondary N) is 1. The lowest BCUT2D eigenvalue weighted by molar-refractivity contribution is -0.150. The van der Waals surface area contributed by atoms with Gasteiger partial charge in [0.25, 0.3) is 0 Å². The second-order valence-electron chi connectivity index (χ2n) is 17.9. The summed E-state index contributed by atoms with van der Waals surface area (Å²) in [6, 6.07) is -0.750. The number of carbonyl (C=O) groups is 2. The van der Waals surface area contributed by atoms with E-state index in [4.69, 9.17) is 4.74 Å². The van der Waals surface area contributed by atoms with Gasteiger partial charge in [-0.2, -0.15) is 0 Å². The van der Waals surface area contributed by atoms with Crippen LogP contribution in [0.1, 0.15) is 233 Å². The quantitative estimate of drug-likeness (QED) is 0.0321. The van der Waals surface area contributed by atoms with Crippen LogP contribution in [-0.4, -0.2) is 46.9 Å². The molecule has 0 heterocycles. The zero-order chi connectivity index (χ0) is 48.1. The standard InChI is InChI=1S/C60H101NO5/c1-4-7-10-13-16-19-22-25-28-29-32-35-38-41-44-47-50-53-60(65)66-56(51-48-45-42-39-36-33-30-26-23-20-17-14-11-8-5-2)54-59(64)61-57(55-62)58(63)52-49-46-43-40-37-34-31-27-24-21-18-15-12-9-6-3/h8,11,16-17,19-20,25-26,28,30,32,35-36,39,41,44-45,48,56-58,62-63H,4-7,9-10,12-15,18,21-24,27,29,31,33-34,37-38,40,42-43,46-47,49-55H2,1-3H3,(H,61,64)/b11-8-,19-16-,20-17-,28-25-,30-26-,35-32-,39-36-,44-41-,48-45-. The minimum atomic E-state index is -0.828. The topological polar surface area (TPSA) is 95.9 Å². The Kier molecular flexibility index (Phi) is 49.7. The predicted octanol–water partition coefficient (Wildman–Crippen LogP) is 16.7. The first-order valence-electron chi connectivity index (χ1n) is 27.1. The SMILES string of the molecule is CC/C=C\C/C=C\C/C=C\C/C=C\C/C=C\CC(CC(=O)NC(CO)C(O)CCCCCCCCCCCCCCCCC)OC(=O)CCC/C=C\C/C=C\C/C=C\C/C=C\CCCCC. The van der Waals surface area contributed by atoms with Gasteiger partial charge in [0.1, 0.15) is 6.10 Å². The predicted molar refractivity (Wildman–Crippen MR) is 287 cm³/mol. The number of ether oxygens (including phenoxy) is 1. The van der Waals surface area contributed by atoms with Gasteiger partial charge in [0.15, 0.2) is 0 Å². The summed E-state index contributed by atoms with van der Waals surface area (Å²) in [5, 5.41) is 23.8. The number of esters is 1. The Labute approximate surface area is 407 Å². The molecule has 0 saturated carbocycles. The first kappa shape index (κ1) is 62.5. The van der Waals surface area contributed by atoms with Crippen molar-refractivity contribution < 1.29 is 24.5 Å². The number of aliphatic hydroxyl groups is 2. The van der Waals surface area contributed by atoms with E-state index >= 15 is 0 Å². The van der Waals surface area contributed by atoms with Crippen molar-refractivity contribution in [1.29, 1.82) is 0 Å². The molecule has 0 aromatic carbocycles. The highest BCUT2D eigenvalue weighted by atomic mass is 16.5. The average molecular weight is 916 g/mol. The van der Waals surface area contributed by atoms with Crippen LogP contribution in [0.15, 0.2) is 109 Å². The van der Waals surface area contributed by atoms with Gasteiger partial charge in [0.2, 0.25) is 5.91 Å². The number of rotatable bonds is 47. The first-order valence-corrected chi connectivity index (χ1v) is 27.1. The molecule has 0 fully saturated rings. The van der Waals surface area contributed by atoms with Crippen LogP contribution in [0.4, 0.5) is 0 Å². The molecule has 66 heavy (non-hydrogen) atoms. The lowest BCUT2D eigenvalue weighted by Crippen LogP contribution is -2.46. The maximum Gasteiger partial charge on any atom is 0.306 e. The molecule has 0 aliphatic heterocycles. The van der Waals surface area contributed by atoms with Gasteiger partial charge in [0, 0.05) is 12.8 Å². The number of hydrogen-bond donors (Lipinski definition) is 3. The molecular weight excluding hydrogens is 815 g/mol. The van der Waals surface area contributed by atoms with Crippen molar-refractivity contribution in [2.45, 2.75) is 251 Å². The Hall–Kier alpha value is -3.48. The molecule has 6 nitrogen and oxygen atoms in total. The van der Waals surface area contributed by atoms with Crippen molar-refractivity contribution in [3.63, 3.8) is 0 Å². The van der Waals surface area contributed by atoms with Crippen molar-refractivity contribution in [3.8, 4) is 0 Å². The van der Waals surface area contributed by atoms with Gasteiger partial charge in [-0.25, -0.2) is 0 Å². The van der Waals surface area contributed by atoms with Crippen molar-refractivity contribution in [2.75, 3.05) is 6.61 Å². The Morgan fingerprint density at radius 2 is 0.848 bits per heavy atom. The fraction of sp³-hybridized carbons (Fsp3) is 0.667. The molecule has 0 rings (SSSR count). The summed E-state index contributed by atoms with van der Waals surface area (Å²) >= 11 is 0. The zero-order valence-corrected chi connectivity index (χ0v) is 42.8. The number of aliphatic hydroxyl groups excluding tert-OH is 2. The summed E-state index contributed by atoms with van der Waals surface area (Å²) < 4.78 is 5.85. The lowest BCUT2D eigenvalue weighted by atomic mass is 10.0. The third-order valence-corrected chi connectivity index (χ3v) is 11.6. The van der Waals surface area contributed by atoms with E-state index in [2.05, 4.69) is 123 Å². The van der Waals surface area contributed by atoms with Crippen molar-refractivity contribution in [1.82, 2.24) is 5.32 Å². The molecule has 3 atom stereocenters. The largest absolute Gasteiger partial charge is 0.461 e. The van der Waals surface area contributed by atoms with E-state index in [1.54, 1.807) is 0 Å². The second kappa shape index (κ2) is 52.5. The van der Waals surface area contributed by atoms with Gasteiger partial charge < -0.3 is 20.3 Å². The summed E-state index contributed by atoms with van der Waals surface area (Å²) in [5.74, 6) is -0.654. The van der Waals surface area contributed by atoms with E-state index in [0.717, 1.165) is 77.0 Å². The minimum absolute atomic E-state index is 0.0284. The number of carbonyl (C=O) groups excluding carboxylic acids is 2. The summed E-state index contributed by atoms with van der Waals surface area (Å²) in [6.07, 6.45) is 71.7. The Balaban J connectivity index is 4.79. The highest BCUT2D eigenvalue weighted by molar-refractivity contribution is 5.77. The third kappa shape index (κ3) is 47.0. The molecule has 3 unspecified atom stereocenters. The van der Waals surface area contributed by atoms with Gasteiger partial charge in [-0.1, -0.05) is 239 Å². The van der Waals surface area contributed by atoms with Gasteiger partial charge in [-0.15, -0.1) is 0 Å². The van der Waals surface area contributed by atoms with Crippen LogP contribution in [-0.2, 0) is 14.3 Å². The second-order valence-corrected chi connectivity index (χ2v) is 17.9. The minimum Gasteiger partial charge on any atom is -0.461 e. The molecule has 1 amide bonds. The van der Waals surface area contributed by atoms with Gasteiger partial charge in [-0.3, -0.25) is 9.59 Å². The monoisotopic (exact) mass is 916 g/mol. The molecule has 6 heteroatoms. The van der Waals surface area contributed by atoms with E-state index in [9.17, 15) is 19.8 Å². The van der Waals surface area contributed by atoms with E-state index < -0.39 is 18.2 Å². The first-order chi connectivity index (χ1) is 32.5. The fourth-order valence-corrected chi connectivity index (χ4v) is 7.50. The van der Waals surface area contributed by atoms with Crippen LogP contribution >= 0.6 is 0 Å². The van der Waals surface area contributed by atoms with E-state index in [1.807, 2.05) is 12.2 Å². The molecule has 0 aliphatic rings. The number of unbranched alkanes of at least 4 members (excludes halogenated alkanes) is 18. The molecule has 0 aromatic heterocycles. The van der Waals surface area contributed by atoms with E-state index in [-0.39, 0.29) is 31.3 Å². The van der Waals surface area contributed by atoms with Gasteiger partial charge >= 0.3 is 5.97 Å². The summed E-state index contributed by atoms with van der Waals surface area (Å²) in [4.78, 5) is 26.1. The van der Waals surface area contributed by atoms with Crippen molar-refractivity contribution in [3.05, 3.63) is 109 Å². The summed E-state index contributed by atoms with van der Waals surface area (Å²) in [5.41, 5.74) is 0. The number of hydrogen-bond acceptors (Lipinski definition) is 5. The van der Waals surface area contributed by atoms with Gasteiger partial charge in [-0.05, 0) is 83.5 Å². The van der Waals surface area contributed by atoms with Gasteiger partial charge in [0.05, 0.1) is 25.2 Å². The lowest BCUT2D eigenvalue weighted by Gasteiger charge is -2.24. The summed E-state index contributed by atoms with van der Waals surface area (Å²) in [6.45, 7) is 6.30. The van der Waals surface area contributed by atoms with E-state index in [0.29, 0.717) is 19.3 Å². The maximum atomic E-state index is 13.2. The molecule has 0 saturated heterocycles. The van der Waals surface area contributed by atoms with Crippen molar-refractivity contribution >= 4 is 11.9 Å². The van der Waals surface area contributed by atoms with Crippen LogP contribution in [0.2, 0.25) is 0 Å².